The molecule has 3 N–H and O–H groups in total. The van der Waals surface area contributed by atoms with E-state index >= 15 is 0 Å². The van der Waals surface area contributed by atoms with Gasteiger partial charge in [0.1, 0.15) is 11.9 Å². The summed E-state index contributed by atoms with van der Waals surface area (Å²) in [5.74, 6) is 1.38. The Hall–Kier alpha value is -1.79. The maximum Gasteiger partial charge on any atom is 0.188 e. The summed E-state index contributed by atoms with van der Waals surface area (Å²) in [7, 11) is 0. The van der Waals surface area contributed by atoms with Crippen LogP contribution in [0.2, 0.25) is 0 Å². The summed E-state index contributed by atoms with van der Waals surface area (Å²) in [5.41, 5.74) is 7.16. The maximum absolute atomic E-state index is 5.99. The number of aliphatic imine (C=N–C) groups is 1. The van der Waals surface area contributed by atoms with Gasteiger partial charge in [-0.2, -0.15) is 0 Å². The highest BCUT2D eigenvalue weighted by atomic mass is 16.5. The van der Waals surface area contributed by atoms with Crippen LogP contribution >= 0.6 is 0 Å². The minimum absolute atomic E-state index is 0.0375. The van der Waals surface area contributed by atoms with Crippen LogP contribution in [0.15, 0.2) is 29.3 Å². The minimum atomic E-state index is 0.0375. The second kappa shape index (κ2) is 10.9. The van der Waals surface area contributed by atoms with Gasteiger partial charge in [-0.1, -0.05) is 19.1 Å². The van der Waals surface area contributed by atoms with Crippen molar-refractivity contribution in [3.63, 3.8) is 0 Å². The topological polar surface area (TPSA) is 72.1 Å². The van der Waals surface area contributed by atoms with E-state index < -0.39 is 0 Å². The molecule has 1 heterocycles. The SMILES string of the molecule is CCC(CN=C(N)NCCCN1CCOCC1)Oc1cccc(C)c1. The lowest BCUT2D eigenvalue weighted by atomic mass is 10.2. The van der Waals surface area contributed by atoms with Crippen molar-refractivity contribution in [2.24, 2.45) is 10.7 Å². The minimum Gasteiger partial charge on any atom is -0.489 e. The molecule has 0 aromatic heterocycles. The zero-order chi connectivity index (χ0) is 17.9. The van der Waals surface area contributed by atoms with E-state index in [9.17, 15) is 0 Å². The third kappa shape index (κ3) is 7.75. The number of nitrogens with one attached hydrogen (secondary N) is 1. The highest BCUT2D eigenvalue weighted by Gasteiger charge is 2.10. The van der Waals surface area contributed by atoms with Crippen molar-refractivity contribution in [3.8, 4) is 5.75 Å². The van der Waals surface area contributed by atoms with Crippen LogP contribution in [0.5, 0.6) is 5.75 Å². The predicted molar refractivity (Wildman–Crippen MR) is 102 cm³/mol. The number of benzene rings is 1. The van der Waals surface area contributed by atoms with E-state index in [0.29, 0.717) is 12.5 Å². The Bertz CT molecular complexity index is 530. The lowest BCUT2D eigenvalue weighted by molar-refractivity contribution is 0.0376. The normalized spacial score (nSPS) is 17.3. The number of nitrogens with zero attached hydrogens (tertiary/aromatic N) is 2. The van der Waals surface area contributed by atoms with E-state index in [1.54, 1.807) is 0 Å². The molecule has 140 valence electrons. The molecule has 0 aliphatic carbocycles. The van der Waals surface area contributed by atoms with Gasteiger partial charge in [0.05, 0.1) is 19.8 Å². The van der Waals surface area contributed by atoms with Gasteiger partial charge in [-0.05, 0) is 44.0 Å². The predicted octanol–water partition coefficient (Wildman–Crippen LogP) is 1.78. The van der Waals surface area contributed by atoms with Gasteiger partial charge >= 0.3 is 0 Å². The molecular weight excluding hydrogens is 316 g/mol. The van der Waals surface area contributed by atoms with Crippen LogP contribution < -0.4 is 15.8 Å². The fraction of sp³-hybridized carbons (Fsp3) is 0.632. The van der Waals surface area contributed by atoms with Crippen molar-refractivity contribution in [1.29, 1.82) is 0 Å². The molecule has 0 spiro atoms. The zero-order valence-corrected chi connectivity index (χ0v) is 15.5. The number of nitrogens with two attached hydrogens (primary N) is 1. The third-order valence-corrected chi connectivity index (χ3v) is 4.27. The average Bonchev–Trinajstić information content (AvgIpc) is 2.63. The monoisotopic (exact) mass is 348 g/mol. The smallest absolute Gasteiger partial charge is 0.188 e. The first-order chi connectivity index (χ1) is 12.2. The molecule has 1 unspecified atom stereocenters. The first kappa shape index (κ1) is 19.5. The molecule has 0 bridgehead atoms. The summed E-state index contributed by atoms with van der Waals surface area (Å²) in [4.78, 5) is 6.84. The number of hydrogen-bond donors (Lipinski definition) is 2. The van der Waals surface area contributed by atoms with E-state index in [2.05, 4.69) is 35.1 Å². The molecule has 0 saturated carbocycles. The van der Waals surface area contributed by atoms with Crippen LogP contribution in [0.25, 0.3) is 0 Å². The lowest BCUT2D eigenvalue weighted by Gasteiger charge is -2.26. The Kier molecular flexibility index (Phi) is 8.55. The van der Waals surface area contributed by atoms with Crippen molar-refractivity contribution >= 4 is 5.96 Å². The molecule has 1 aromatic carbocycles. The quantitative estimate of drug-likeness (QED) is 0.404. The third-order valence-electron chi connectivity index (χ3n) is 4.27. The van der Waals surface area contributed by atoms with Gasteiger partial charge in [0, 0.05) is 19.6 Å². The molecule has 2 rings (SSSR count). The van der Waals surface area contributed by atoms with Gasteiger partial charge in [-0.3, -0.25) is 4.90 Å². The molecule has 1 aliphatic rings. The molecular formula is C19H32N4O2. The van der Waals surface area contributed by atoms with Crippen LogP contribution in [0, 0.1) is 6.92 Å². The Morgan fingerprint density at radius 1 is 1.40 bits per heavy atom. The molecule has 1 aromatic rings. The van der Waals surface area contributed by atoms with Gasteiger partial charge in [0.15, 0.2) is 5.96 Å². The molecule has 6 nitrogen and oxygen atoms in total. The molecule has 6 heteroatoms. The van der Waals surface area contributed by atoms with E-state index in [1.165, 1.54) is 5.56 Å². The van der Waals surface area contributed by atoms with Crippen LogP contribution in [-0.2, 0) is 4.74 Å². The Balaban J connectivity index is 1.65. The van der Waals surface area contributed by atoms with Crippen molar-refractivity contribution in [2.75, 3.05) is 45.9 Å². The number of guanidine groups is 1. The van der Waals surface area contributed by atoms with E-state index in [-0.39, 0.29) is 6.10 Å². The van der Waals surface area contributed by atoms with Crippen molar-refractivity contribution in [3.05, 3.63) is 29.8 Å². The molecule has 1 fully saturated rings. The summed E-state index contributed by atoms with van der Waals surface area (Å²) in [6, 6.07) is 8.09. The molecule has 1 aliphatic heterocycles. The largest absolute Gasteiger partial charge is 0.489 e. The number of morpholine rings is 1. The second-order valence-corrected chi connectivity index (χ2v) is 6.42. The van der Waals surface area contributed by atoms with Crippen LogP contribution in [0.4, 0.5) is 0 Å². The molecule has 0 amide bonds. The summed E-state index contributed by atoms with van der Waals surface area (Å²) in [6.45, 7) is 10.4. The number of ether oxygens (including phenoxy) is 2. The Morgan fingerprint density at radius 3 is 2.92 bits per heavy atom. The van der Waals surface area contributed by atoms with Crippen molar-refractivity contribution in [2.45, 2.75) is 32.8 Å². The number of rotatable bonds is 9. The molecule has 1 saturated heterocycles. The fourth-order valence-electron chi connectivity index (χ4n) is 2.73. The summed E-state index contributed by atoms with van der Waals surface area (Å²) >= 11 is 0. The van der Waals surface area contributed by atoms with E-state index in [0.717, 1.165) is 58.0 Å². The van der Waals surface area contributed by atoms with Crippen molar-refractivity contribution < 1.29 is 9.47 Å². The van der Waals surface area contributed by atoms with Gasteiger partial charge in [-0.25, -0.2) is 4.99 Å². The first-order valence-corrected chi connectivity index (χ1v) is 9.24. The van der Waals surface area contributed by atoms with E-state index in [4.69, 9.17) is 15.2 Å². The number of hydrogen-bond acceptors (Lipinski definition) is 4. The average molecular weight is 348 g/mol. The van der Waals surface area contributed by atoms with Crippen LogP contribution in [0.1, 0.15) is 25.3 Å². The molecule has 25 heavy (non-hydrogen) atoms. The highest BCUT2D eigenvalue weighted by Crippen LogP contribution is 2.15. The standard InChI is InChI=1S/C19H32N4O2/c1-3-17(25-18-7-4-6-16(2)14-18)15-22-19(20)21-8-5-9-23-10-12-24-13-11-23/h4,6-7,14,17H,3,5,8-13,15H2,1-2H3,(H3,20,21,22). The van der Waals surface area contributed by atoms with Gasteiger partial charge in [0.25, 0.3) is 0 Å². The van der Waals surface area contributed by atoms with Crippen LogP contribution in [-0.4, -0.2) is 62.9 Å². The van der Waals surface area contributed by atoms with E-state index in [1.807, 2.05) is 18.2 Å². The Labute approximate surface area is 151 Å². The highest BCUT2D eigenvalue weighted by molar-refractivity contribution is 5.77. The summed E-state index contributed by atoms with van der Waals surface area (Å²) in [6.07, 6.45) is 1.98. The van der Waals surface area contributed by atoms with Crippen LogP contribution in [0.3, 0.4) is 0 Å². The maximum atomic E-state index is 5.99. The molecule has 1 atom stereocenters. The number of aryl methyl sites for hydroxylation is 1. The second-order valence-electron chi connectivity index (χ2n) is 6.42. The Morgan fingerprint density at radius 2 is 2.20 bits per heavy atom. The fourth-order valence-corrected chi connectivity index (χ4v) is 2.73. The van der Waals surface area contributed by atoms with Crippen molar-refractivity contribution in [1.82, 2.24) is 10.2 Å². The summed E-state index contributed by atoms with van der Waals surface area (Å²) < 4.78 is 11.3. The van der Waals surface area contributed by atoms with Gasteiger partial charge < -0.3 is 20.5 Å². The summed E-state index contributed by atoms with van der Waals surface area (Å²) in [5, 5.41) is 3.19. The lowest BCUT2D eigenvalue weighted by Crippen LogP contribution is -2.39. The van der Waals surface area contributed by atoms with Gasteiger partial charge in [0.2, 0.25) is 0 Å². The first-order valence-electron chi connectivity index (χ1n) is 9.24. The zero-order valence-electron chi connectivity index (χ0n) is 15.5. The molecule has 0 radical (unpaired) electrons. The van der Waals surface area contributed by atoms with Gasteiger partial charge in [-0.15, -0.1) is 0 Å².